The van der Waals surface area contributed by atoms with Crippen LogP contribution in [0, 0.1) is 30.0 Å². The van der Waals surface area contributed by atoms with Crippen LogP contribution in [0.1, 0.15) is 12.8 Å². The van der Waals surface area contributed by atoms with Crippen molar-refractivity contribution >= 4 is 29.1 Å². The Balaban J connectivity index is 1.83. The molecule has 2 heterocycles. The highest BCUT2D eigenvalue weighted by atomic mass is 19.3. The van der Waals surface area contributed by atoms with Crippen LogP contribution < -0.4 is 14.5 Å². The standard InChI is InChI=1S/C17H11F3N2O4/c1-2-5-21-12-7-11(22-14(23)8-3-4-9(8)15(22)24)10(18)6-13(12)26-17(19,20)16(21)25/h1,6-9H,3-5H2. The summed E-state index contributed by atoms with van der Waals surface area (Å²) >= 11 is 0. The van der Waals surface area contributed by atoms with Crippen molar-refractivity contribution < 1.29 is 32.3 Å². The second-order valence-electron chi connectivity index (χ2n) is 6.29. The minimum Gasteiger partial charge on any atom is -0.423 e. The summed E-state index contributed by atoms with van der Waals surface area (Å²) in [6, 6.07) is 1.59. The minimum absolute atomic E-state index is 0.227. The van der Waals surface area contributed by atoms with Crippen LogP contribution in [0.25, 0.3) is 0 Å². The lowest BCUT2D eigenvalue weighted by atomic mass is 9.76. The Morgan fingerprint density at radius 1 is 1.15 bits per heavy atom. The zero-order valence-corrected chi connectivity index (χ0v) is 13.2. The molecule has 1 aromatic rings. The molecular formula is C17H11F3N2O4. The van der Waals surface area contributed by atoms with Crippen LogP contribution in [-0.2, 0) is 14.4 Å². The third kappa shape index (κ3) is 2.05. The van der Waals surface area contributed by atoms with E-state index in [1.807, 2.05) is 0 Å². The summed E-state index contributed by atoms with van der Waals surface area (Å²) in [5.41, 5.74) is -0.632. The van der Waals surface area contributed by atoms with Crippen LogP contribution in [0.15, 0.2) is 12.1 Å². The number of halogens is 3. The lowest BCUT2D eigenvalue weighted by molar-refractivity contribution is -0.192. The molecule has 1 saturated carbocycles. The van der Waals surface area contributed by atoms with Crippen molar-refractivity contribution in [2.45, 2.75) is 19.0 Å². The van der Waals surface area contributed by atoms with Crippen molar-refractivity contribution in [3.8, 4) is 18.1 Å². The average molecular weight is 364 g/mol. The highest BCUT2D eigenvalue weighted by Crippen LogP contribution is 2.47. The van der Waals surface area contributed by atoms with Gasteiger partial charge in [0.25, 0.3) is 0 Å². The fourth-order valence-corrected chi connectivity index (χ4v) is 3.46. The Bertz CT molecular complexity index is 886. The van der Waals surface area contributed by atoms with Crippen molar-refractivity contribution in [1.82, 2.24) is 0 Å². The van der Waals surface area contributed by atoms with E-state index >= 15 is 0 Å². The molecule has 0 N–H and O–H groups in total. The number of amides is 3. The van der Waals surface area contributed by atoms with E-state index in [9.17, 15) is 27.6 Å². The van der Waals surface area contributed by atoms with Crippen molar-refractivity contribution in [2.75, 3.05) is 16.3 Å². The van der Waals surface area contributed by atoms with E-state index in [2.05, 4.69) is 10.7 Å². The largest absolute Gasteiger partial charge is 0.483 e. The smallest absolute Gasteiger partial charge is 0.423 e. The van der Waals surface area contributed by atoms with E-state index < -0.39 is 59.5 Å². The molecule has 1 saturated heterocycles. The van der Waals surface area contributed by atoms with Crippen molar-refractivity contribution in [2.24, 2.45) is 11.8 Å². The number of terminal acetylenes is 1. The van der Waals surface area contributed by atoms with Crippen molar-refractivity contribution in [3.63, 3.8) is 0 Å². The Morgan fingerprint density at radius 2 is 1.77 bits per heavy atom. The van der Waals surface area contributed by atoms with Gasteiger partial charge in [-0.2, -0.15) is 8.78 Å². The van der Waals surface area contributed by atoms with Gasteiger partial charge < -0.3 is 4.74 Å². The normalized spacial score (nSPS) is 26.0. The lowest BCUT2D eigenvalue weighted by Gasteiger charge is -2.33. The number of anilines is 2. The quantitative estimate of drug-likeness (QED) is 0.592. The topological polar surface area (TPSA) is 66.9 Å². The molecule has 0 spiro atoms. The van der Waals surface area contributed by atoms with E-state index in [-0.39, 0.29) is 5.69 Å². The van der Waals surface area contributed by atoms with Crippen LogP contribution in [0.3, 0.4) is 0 Å². The third-order valence-corrected chi connectivity index (χ3v) is 4.89. The predicted molar refractivity (Wildman–Crippen MR) is 81.9 cm³/mol. The Kier molecular flexibility index (Phi) is 3.31. The van der Waals surface area contributed by atoms with Gasteiger partial charge in [0, 0.05) is 6.07 Å². The predicted octanol–water partition coefficient (Wildman–Crippen LogP) is 1.68. The second kappa shape index (κ2) is 5.24. The van der Waals surface area contributed by atoms with Crippen LogP contribution in [0.5, 0.6) is 5.75 Å². The molecule has 0 radical (unpaired) electrons. The number of carbonyl (C=O) groups excluding carboxylic acids is 3. The summed E-state index contributed by atoms with van der Waals surface area (Å²) in [5.74, 6) is -3.38. The highest BCUT2D eigenvalue weighted by Gasteiger charge is 2.55. The maximum atomic E-state index is 14.5. The maximum absolute atomic E-state index is 14.5. The summed E-state index contributed by atoms with van der Waals surface area (Å²) in [6.45, 7) is -0.511. The van der Waals surface area contributed by atoms with Crippen molar-refractivity contribution in [3.05, 3.63) is 17.9 Å². The monoisotopic (exact) mass is 364 g/mol. The van der Waals surface area contributed by atoms with Crippen LogP contribution >= 0.6 is 0 Å². The van der Waals surface area contributed by atoms with Crippen molar-refractivity contribution in [1.29, 1.82) is 0 Å². The van der Waals surface area contributed by atoms with Gasteiger partial charge in [0.15, 0.2) is 11.6 Å². The number of nitrogens with zero attached hydrogens (tertiary/aromatic N) is 2. The number of carbonyl (C=O) groups is 3. The minimum atomic E-state index is -4.20. The molecule has 2 fully saturated rings. The van der Waals surface area contributed by atoms with Gasteiger partial charge in [0.2, 0.25) is 11.8 Å². The zero-order valence-electron chi connectivity index (χ0n) is 13.2. The molecule has 9 heteroatoms. The van der Waals surface area contributed by atoms with Gasteiger partial charge in [-0.1, -0.05) is 5.92 Å². The van der Waals surface area contributed by atoms with Crippen LogP contribution in [0.2, 0.25) is 0 Å². The summed E-state index contributed by atoms with van der Waals surface area (Å²) in [4.78, 5) is 37.8. The summed E-state index contributed by atoms with van der Waals surface area (Å²) < 4.78 is 46.2. The molecule has 3 amide bonds. The zero-order chi connectivity index (χ0) is 18.8. The molecule has 3 aliphatic rings. The lowest BCUT2D eigenvalue weighted by Crippen LogP contribution is -2.51. The highest BCUT2D eigenvalue weighted by molar-refractivity contribution is 6.23. The molecule has 1 aliphatic carbocycles. The Morgan fingerprint density at radius 3 is 2.31 bits per heavy atom. The number of hydrogen-bond acceptors (Lipinski definition) is 4. The Hall–Kier alpha value is -3.02. The molecule has 134 valence electrons. The first kappa shape index (κ1) is 16.4. The first-order chi connectivity index (χ1) is 12.3. The van der Waals surface area contributed by atoms with Gasteiger partial charge in [-0.3, -0.25) is 19.3 Å². The van der Waals surface area contributed by atoms with E-state index in [4.69, 9.17) is 6.42 Å². The molecule has 2 atom stereocenters. The van der Waals surface area contributed by atoms with Gasteiger partial charge in [-0.15, -0.1) is 6.42 Å². The number of rotatable bonds is 2. The number of benzene rings is 1. The number of imide groups is 1. The summed E-state index contributed by atoms with van der Waals surface area (Å²) in [6.07, 6.45) is 2.00. The molecule has 1 aromatic carbocycles. The van der Waals surface area contributed by atoms with Gasteiger partial charge in [-0.05, 0) is 18.9 Å². The molecule has 4 rings (SSSR count). The SMILES string of the molecule is C#CCN1C(=O)C(F)(F)Oc2cc(F)c(N3C(=O)C4CCC4C3=O)cc21. The first-order valence-corrected chi connectivity index (χ1v) is 7.80. The van der Waals surface area contributed by atoms with E-state index in [0.717, 1.165) is 6.07 Å². The molecule has 2 aliphatic heterocycles. The molecule has 26 heavy (non-hydrogen) atoms. The fraction of sp³-hybridized carbons (Fsp3) is 0.353. The molecular weight excluding hydrogens is 353 g/mol. The van der Waals surface area contributed by atoms with Gasteiger partial charge in [-0.25, -0.2) is 9.29 Å². The van der Waals surface area contributed by atoms with Gasteiger partial charge >= 0.3 is 12.0 Å². The number of hydrogen-bond donors (Lipinski definition) is 0. The Labute approximate surface area is 145 Å². The number of fused-ring (bicyclic) bond motifs is 2. The first-order valence-electron chi connectivity index (χ1n) is 7.80. The molecule has 6 nitrogen and oxygen atoms in total. The molecule has 0 bridgehead atoms. The fourth-order valence-electron chi connectivity index (χ4n) is 3.46. The molecule has 2 unspecified atom stereocenters. The van der Waals surface area contributed by atoms with E-state index in [1.54, 1.807) is 0 Å². The van der Waals surface area contributed by atoms with Gasteiger partial charge in [0.1, 0.15) is 0 Å². The van der Waals surface area contributed by atoms with E-state index in [1.165, 1.54) is 0 Å². The van der Waals surface area contributed by atoms with Crippen LogP contribution in [-0.4, -0.2) is 30.4 Å². The second-order valence-corrected chi connectivity index (χ2v) is 6.29. The summed E-state index contributed by atoms with van der Waals surface area (Å²) in [5, 5.41) is 0. The average Bonchev–Trinajstić information content (AvgIpc) is 2.68. The number of alkyl halides is 2. The molecule has 0 aromatic heterocycles. The third-order valence-electron chi connectivity index (χ3n) is 4.89. The number of ether oxygens (including phenoxy) is 1. The summed E-state index contributed by atoms with van der Waals surface area (Å²) in [7, 11) is 0. The maximum Gasteiger partial charge on any atom is 0.483 e. The van der Waals surface area contributed by atoms with Crippen LogP contribution in [0.4, 0.5) is 24.5 Å². The van der Waals surface area contributed by atoms with Gasteiger partial charge in [0.05, 0.1) is 29.8 Å². The van der Waals surface area contributed by atoms with E-state index in [0.29, 0.717) is 28.7 Å².